The average molecular weight is 423 g/mol. The van der Waals surface area contributed by atoms with Gasteiger partial charge in [-0.3, -0.25) is 0 Å². The van der Waals surface area contributed by atoms with E-state index in [2.05, 4.69) is 73.5 Å². The van der Waals surface area contributed by atoms with Gasteiger partial charge in [-0.1, -0.05) is 0 Å². The van der Waals surface area contributed by atoms with Gasteiger partial charge in [0.25, 0.3) is 0 Å². The first-order valence-corrected chi connectivity index (χ1v) is 17.4. The van der Waals surface area contributed by atoms with Crippen LogP contribution in [0.25, 0.3) is 0 Å². The van der Waals surface area contributed by atoms with E-state index in [1.165, 1.54) is 0 Å². The molecule has 2 unspecified atom stereocenters. The normalized spacial score (nSPS) is 25.5. The molecule has 2 rings (SSSR count). The van der Waals surface area contributed by atoms with Crippen LogP contribution in [0.2, 0.25) is 10.5 Å². The second kappa shape index (κ2) is 7.24. The topological polar surface area (TPSA) is 0 Å². The first kappa shape index (κ1) is 24.5. The van der Waals surface area contributed by atoms with Gasteiger partial charge in [0.1, 0.15) is 0 Å². The molecular weight excluding hydrogens is 387 g/mol. The third kappa shape index (κ3) is 3.25. The fraction of sp³-hybridized carbons (Fsp3) is 0.600. The van der Waals surface area contributed by atoms with Crippen molar-refractivity contribution in [3.05, 3.63) is 41.2 Å². The van der Waals surface area contributed by atoms with Crippen molar-refractivity contribution in [2.45, 2.75) is 65.8 Å². The van der Waals surface area contributed by atoms with Crippen molar-refractivity contribution in [3.63, 3.8) is 0 Å². The van der Waals surface area contributed by atoms with Crippen LogP contribution in [0.3, 0.4) is 0 Å². The summed E-state index contributed by atoms with van der Waals surface area (Å²) in [5, 5.41) is 5.33. The molecule has 0 N–H and O–H groups in total. The van der Waals surface area contributed by atoms with E-state index in [1.54, 1.807) is 33.4 Å². The maximum absolute atomic E-state index is 2.87. The number of halogens is 2. The summed E-state index contributed by atoms with van der Waals surface area (Å²) in [6.45, 7) is 19.0. The number of hydrogen-bond acceptors (Lipinski definition) is 0. The zero-order valence-corrected chi connectivity index (χ0v) is 21.8. The molecule has 0 radical (unpaired) electrons. The van der Waals surface area contributed by atoms with Gasteiger partial charge < -0.3 is 0 Å². The molecule has 0 amide bonds. The average Bonchev–Trinajstić information content (AvgIpc) is 2.71. The Bertz CT molecular complexity index is 699. The number of allylic oxidation sites excluding steroid dienone is 8. The van der Waals surface area contributed by atoms with Crippen LogP contribution in [0.15, 0.2) is 41.2 Å². The monoisotopic (exact) mass is 422 g/mol. The van der Waals surface area contributed by atoms with Gasteiger partial charge in [-0.15, -0.1) is 24.8 Å². The summed E-state index contributed by atoms with van der Waals surface area (Å²) in [4.78, 5) is 0. The molecule has 2 aliphatic rings. The van der Waals surface area contributed by atoms with Crippen molar-refractivity contribution < 1.29 is 14.0 Å². The Morgan fingerprint density at radius 1 is 0.625 bits per heavy atom. The SMILES string of the molecule is CC1=C(C)C(C)[C]([Ti]([CH3])([CH3])(=[SiH2])[C]2=C(C)C(C)=C(C)C2C)=C1C.Cl.Cl. The van der Waals surface area contributed by atoms with E-state index in [4.69, 9.17) is 0 Å². The summed E-state index contributed by atoms with van der Waals surface area (Å²) in [6, 6.07) is 0. The van der Waals surface area contributed by atoms with Crippen LogP contribution < -0.4 is 0 Å². The third-order valence-corrected chi connectivity index (χ3v) is 18.1. The number of rotatable bonds is 2. The fourth-order valence-electron chi connectivity index (χ4n) is 5.46. The van der Waals surface area contributed by atoms with E-state index < -0.39 is 14.0 Å². The summed E-state index contributed by atoms with van der Waals surface area (Å²) in [5.74, 6) is 1.27. The van der Waals surface area contributed by atoms with E-state index in [-0.39, 0.29) is 24.8 Å². The first-order valence-electron chi connectivity index (χ1n) is 8.66. The van der Waals surface area contributed by atoms with Crippen molar-refractivity contribution in [1.82, 2.24) is 0 Å². The minimum Gasteiger partial charge on any atom is -0.147 e. The second-order valence-electron chi connectivity index (χ2n) is 8.82. The summed E-state index contributed by atoms with van der Waals surface area (Å²) in [5.41, 5.74) is 9.53. The van der Waals surface area contributed by atoms with Crippen LogP contribution in [0.4, 0.5) is 0 Å². The van der Waals surface area contributed by atoms with Crippen molar-refractivity contribution in [3.8, 4) is 0 Å². The Kier molecular flexibility index (Phi) is 7.38. The Balaban J connectivity index is 0.00000264. The van der Waals surface area contributed by atoms with E-state index in [0.29, 0.717) is 11.8 Å². The molecule has 0 aromatic rings. The Hall–Kier alpha value is 0.471. The minimum absolute atomic E-state index is 0. The molecule has 2 atom stereocenters. The summed E-state index contributed by atoms with van der Waals surface area (Å²) >= 11 is -2.87. The Morgan fingerprint density at radius 3 is 1.04 bits per heavy atom. The van der Waals surface area contributed by atoms with Gasteiger partial charge in [-0.25, -0.2) is 0 Å². The molecule has 2 aliphatic carbocycles. The molecule has 0 bridgehead atoms. The largest absolute Gasteiger partial charge is 0.147 e. The molecule has 0 aliphatic heterocycles. The summed E-state index contributed by atoms with van der Waals surface area (Å²) in [6.07, 6.45) is 0. The van der Waals surface area contributed by atoms with E-state index in [9.17, 15) is 0 Å². The molecule has 0 nitrogen and oxygen atoms in total. The molecule has 0 saturated heterocycles. The van der Waals surface area contributed by atoms with Gasteiger partial charge in [-0.05, 0) is 0 Å². The van der Waals surface area contributed by atoms with Crippen LogP contribution in [0.1, 0.15) is 55.4 Å². The van der Waals surface area contributed by atoms with Crippen LogP contribution in [0.5, 0.6) is 0 Å². The van der Waals surface area contributed by atoms with Gasteiger partial charge in [0.05, 0.1) is 0 Å². The van der Waals surface area contributed by atoms with E-state index >= 15 is 0 Å². The molecule has 138 valence electrons. The first-order chi connectivity index (χ1) is 9.81. The van der Waals surface area contributed by atoms with Gasteiger partial charge in [0.2, 0.25) is 0 Å². The summed E-state index contributed by atoms with van der Waals surface area (Å²) in [7, 11) is 2.39. The molecule has 24 heavy (non-hydrogen) atoms. The predicted octanol–water partition coefficient (Wildman–Crippen LogP) is 6.68. The molecule has 4 heteroatoms. The minimum atomic E-state index is -2.87. The molecule has 0 heterocycles. The van der Waals surface area contributed by atoms with E-state index in [1.807, 2.05) is 7.76 Å². The van der Waals surface area contributed by atoms with Crippen molar-refractivity contribution in [1.29, 1.82) is 0 Å². The second-order valence-corrected chi connectivity index (χ2v) is 27.6. The summed E-state index contributed by atoms with van der Waals surface area (Å²) < 4.78 is 3.66. The molecule has 0 fully saturated rings. The molecule has 0 aromatic heterocycles. The van der Waals surface area contributed by atoms with Gasteiger partial charge in [-0.2, -0.15) is 0 Å². The van der Waals surface area contributed by atoms with Gasteiger partial charge in [0.15, 0.2) is 0 Å². The zero-order valence-electron chi connectivity index (χ0n) is 17.2. The fourth-order valence-corrected chi connectivity index (χ4v) is 20.0. The van der Waals surface area contributed by atoms with E-state index in [0.717, 1.165) is 0 Å². The maximum Gasteiger partial charge on any atom is -0.147 e. The van der Waals surface area contributed by atoms with Crippen LogP contribution in [-0.4, -0.2) is 7.63 Å². The standard InChI is InChI=1S/2C9H13.2CH3.2ClH.H2Si.Ti/c2*1-6-5-7(2)9(4)8(6)3;;;;;;/h2*6H,1-4H3;2*1H3;2*1H;1H2;. The molecular formula is C20H36Cl2SiTi. The smallest absolute Gasteiger partial charge is 0.147 e. The molecule has 0 aromatic carbocycles. The van der Waals surface area contributed by atoms with Crippen molar-refractivity contribution in [2.75, 3.05) is 0 Å². The predicted molar refractivity (Wildman–Crippen MR) is 115 cm³/mol. The van der Waals surface area contributed by atoms with Crippen molar-refractivity contribution >= 4 is 32.4 Å². The Labute approximate surface area is 164 Å². The molecule has 0 spiro atoms. The zero-order chi connectivity index (χ0) is 17.2. The molecule has 0 saturated carbocycles. The van der Waals surface area contributed by atoms with Crippen molar-refractivity contribution in [2.24, 2.45) is 11.8 Å². The Morgan fingerprint density at radius 2 is 0.875 bits per heavy atom. The third-order valence-electron chi connectivity index (χ3n) is 7.01. The van der Waals surface area contributed by atoms with Crippen LogP contribution in [-0.2, 0) is 14.0 Å². The van der Waals surface area contributed by atoms with Gasteiger partial charge in [0, 0.05) is 0 Å². The van der Waals surface area contributed by atoms with Crippen LogP contribution in [0, 0.1) is 11.8 Å². The van der Waals surface area contributed by atoms with Gasteiger partial charge >= 0.3 is 141 Å². The maximum atomic E-state index is 2.66. The number of hydrogen-bond donors (Lipinski definition) is 0. The quantitative estimate of drug-likeness (QED) is 0.435. The van der Waals surface area contributed by atoms with Crippen LogP contribution >= 0.6 is 24.8 Å².